The number of carbonyl (C=O) groups is 1. The molecule has 8 heteroatoms. The van der Waals surface area contributed by atoms with E-state index in [-0.39, 0.29) is 23.4 Å². The SMILES string of the molecule is C[C@H](NC(=O)CSc1nc2cc([N+](=O)[O-])ccc2o1)[C@H]1C[C@H]2CC[C@H]1C2. The van der Waals surface area contributed by atoms with Crippen molar-refractivity contribution in [2.45, 2.75) is 43.9 Å². The Hall–Kier alpha value is -2.09. The Morgan fingerprint density at radius 3 is 3.00 bits per heavy atom. The summed E-state index contributed by atoms with van der Waals surface area (Å²) in [5.74, 6) is 2.43. The van der Waals surface area contributed by atoms with E-state index in [1.165, 1.54) is 55.6 Å². The summed E-state index contributed by atoms with van der Waals surface area (Å²) in [5.41, 5.74) is 0.881. The number of oxazole rings is 1. The average molecular weight is 375 g/mol. The van der Waals surface area contributed by atoms with Crippen molar-refractivity contribution < 1.29 is 14.1 Å². The number of hydrogen-bond acceptors (Lipinski definition) is 6. The van der Waals surface area contributed by atoms with Crippen molar-refractivity contribution in [1.82, 2.24) is 10.3 Å². The van der Waals surface area contributed by atoms with Crippen molar-refractivity contribution in [1.29, 1.82) is 0 Å². The van der Waals surface area contributed by atoms with Crippen molar-refractivity contribution in [2.24, 2.45) is 17.8 Å². The maximum atomic E-state index is 12.3. The lowest BCUT2D eigenvalue weighted by atomic mass is 9.84. The van der Waals surface area contributed by atoms with Gasteiger partial charge in [0, 0.05) is 18.2 Å². The number of nitro groups is 1. The summed E-state index contributed by atoms with van der Waals surface area (Å²) in [6, 6.07) is 4.48. The molecule has 1 aromatic heterocycles. The summed E-state index contributed by atoms with van der Waals surface area (Å²) >= 11 is 1.21. The van der Waals surface area contributed by atoms with Crippen LogP contribution in [0.1, 0.15) is 32.6 Å². The van der Waals surface area contributed by atoms with Gasteiger partial charge >= 0.3 is 0 Å². The molecule has 2 fully saturated rings. The van der Waals surface area contributed by atoms with E-state index in [0.717, 1.165) is 11.8 Å². The summed E-state index contributed by atoms with van der Waals surface area (Å²) in [4.78, 5) is 26.8. The van der Waals surface area contributed by atoms with Crippen molar-refractivity contribution in [3.05, 3.63) is 28.3 Å². The number of non-ortho nitro benzene ring substituents is 1. The van der Waals surface area contributed by atoms with E-state index in [1.807, 2.05) is 0 Å². The Bertz CT molecular complexity index is 852. The van der Waals surface area contributed by atoms with Crippen LogP contribution in [-0.2, 0) is 4.79 Å². The van der Waals surface area contributed by atoms with Crippen LogP contribution in [0.25, 0.3) is 11.1 Å². The first-order valence-electron chi connectivity index (χ1n) is 8.96. The Kier molecular flexibility index (Phi) is 4.60. The van der Waals surface area contributed by atoms with Crippen molar-refractivity contribution in [3.63, 3.8) is 0 Å². The summed E-state index contributed by atoms with van der Waals surface area (Å²) in [7, 11) is 0. The number of fused-ring (bicyclic) bond motifs is 3. The lowest BCUT2D eigenvalue weighted by Crippen LogP contribution is -2.40. The van der Waals surface area contributed by atoms with Crippen LogP contribution in [0.4, 0.5) is 5.69 Å². The topological polar surface area (TPSA) is 98.3 Å². The number of hydrogen-bond donors (Lipinski definition) is 1. The molecule has 0 radical (unpaired) electrons. The van der Waals surface area contributed by atoms with E-state index in [0.29, 0.717) is 22.2 Å². The van der Waals surface area contributed by atoms with Gasteiger partial charge in [0.05, 0.1) is 10.7 Å². The molecule has 0 unspecified atom stereocenters. The predicted molar refractivity (Wildman–Crippen MR) is 97.9 cm³/mol. The maximum absolute atomic E-state index is 12.3. The van der Waals surface area contributed by atoms with Crippen molar-refractivity contribution in [3.8, 4) is 0 Å². The van der Waals surface area contributed by atoms with Gasteiger partial charge < -0.3 is 9.73 Å². The third-order valence-electron chi connectivity index (χ3n) is 5.71. The largest absolute Gasteiger partial charge is 0.431 e. The summed E-state index contributed by atoms with van der Waals surface area (Å²) in [5, 5.41) is 14.3. The van der Waals surface area contributed by atoms with Crippen LogP contribution in [0.15, 0.2) is 27.8 Å². The van der Waals surface area contributed by atoms with Crippen LogP contribution in [0.2, 0.25) is 0 Å². The Balaban J connectivity index is 1.32. The zero-order chi connectivity index (χ0) is 18.3. The second kappa shape index (κ2) is 6.90. The molecule has 0 aliphatic heterocycles. The molecule has 2 aliphatic carbocycles. The molecule has 7 nitrogen and oxygen atoms in total. The highest BCUT2D eigenvalue weighted by atomic mass is 32.2. The number of carbonyl (C=O) groups excluding carboxylic acids is 1. The second-order valence-electron chi connectivity index (χ2n) is 7.37. The fourth-order valence-electron chi connectivity index (χ4n) is 4.51. The third-order valence-corrected chi connectivity index (χ3v) is 6.54. The molecule has 4 rings (SSSR count). The van der Waals surface area contributed by atoms with Gasteiger partial charge in [-0.15, -0.1) is 0 Å². The number of nitrogens with one attached hydrogen (secondary N) is 1. The molecule has 4 atom stereocenters. The molecule has 1 N–H and O–H groups in total. The molecule has 2 saturated carbocycles. The molecule has 26 heavy (non-hydrogen) atoms. The number of amides is 1. The van der Waals surface area contributed by atoms with Gasteiger partial charge in [-0.2, -0.15) is 0 Å². The Morgan fingerprint density at radius 1 is 1.46 bits per heavy atom. The highest BCUT2D eigenvalue weighted by molar-refractivity contribution is 7.99. The first-order valence-corrected chi connectivity index (χ1v) is 9.95. The molecular formula is C18H21N3O4S. The lowest BCUT2D eigenvalue weighted by Gasteiger charge is -2.28. The predicted octanol–water partition coefficient (Wildman–Crippen LogP) is 3.77. The van der Waals surface area contributed by atoms with Gasteiger partial charge in [0.15, 0.2) is 5.58 Å². The monoisotopic (exact) mass is 375 g/mol. The van der Waals surface area contributed by atoms with Crippen LogP contribution in [0.5, 0.6) is 0 Å². The summed E-state index contributed by atoms with van der Waals surface area (Å²) in [6.07, 6.45) is 5.23. The minimum atomic E-state index is -0.467. The highest BCUT2D eigenvalue weighted by Gasteiger charge is 2.42. The zero-order valence-corrected chi connectivity index (χ0v) is 15.3. The standard InChI is InChI=1S/C18H21N3O4S/c1-10(14-7-11-2-3-12(14)6-11)19-17(22)9-26-18-20-15-8-13(21(23)24)4-5-16(15)25-18/h4-5,8,10-12,14H,2-3,6-7,9H2,1H3,(H,19,22)/t10-,11-,12-,14+/m0/s1. The Labute approximate surface area is 155 Å². The number of aromatic nitrogens is 1. The molecule has 138 valence electrons. The number of nitro benzene ring substituents is 1. The van der Waals surface area contributed by atoms with Crippen LogP contribution in [0.3, 0.4) is 0 Å². The first kappa shape index (κ1) is 17.3. The van der Waals surface area contributed by atoms with E-state index >= 15 is 0 Å². The van der Waals surface area contributed by atoms with Crippen LogP contribution in [0, 0.1) is 27.9 Å². The van der Waals surface area contributed by atoms with Gasteiger partial charge in [-0.25, -0.2) is 4.98 Å². The zero-order valence-electron chi connectivity index (χ0n) is 14.5. The van der Waals surface area contributed by atoms with Gasteiger partial charge in [-0.05, 0) is 50.0 Å². The average Bonchev–Trinajstić information content (AvgIpc) is 3.33. The van der Waals surface area contributed by atoms with Crippen molar-refractivity contribution in [2.75, 3.05) is 5.75 Å². The number of rotatable bonds is 6. The maximum Gasteiger partial charge on any atom is 0.271 e. The fraction of sp³-hybridized carbons (Fsp3) is 0.556. The molecule has 1 amide bonds. The molecular weight excluding hydrogens is 354 g/mol. The number of nitrogens with zero attached hydrogens (tertiary/aromatic N) is 2. The van der Waals surface area contributed by atoms with Gasteiger partial charge in [0.2, 0.25) is 5.91 Å². The second-order valence-corrected chi connectivity index (χ2v) is 8.30. The van der Waals surface area contributed by atoms with E-state index in [4.69, 9.17) is 4.42 Å². The van der Waals surface area contributed by atoms with Gasteiger partial charge in [0.1, 0.15) is 5.52 Å². The highest BCUT2D eigenvalue weighted by Crippen LogP contribution is 2.49. The molecule has 1 aromatic carbocycles. The van der Waals surface area contributed by atoms with Crippen LogP contribution < -0.4 is 5.32 Å². The molecule has 2 aliphatic rings. The molecule has 1 heterocycles. The quantitative estimate of drug-likeness (QED) is 0.469. The van der Waals surface area contributed by atoms with Gasteiger partial charge in [-0.1, -0.05) is 18.2 Å². The first-order chi connectivity index (χ1) is 12.5. The van der Waals surface area contributed by atoms with E-state index in [1.54, 1.807) is 0 Å². The summed E-state index contributed by atoms with van der Waals surface area (Å²) < 4.78 is 5.55. The smallest absolute Gasteiger partial charge is 0.271 e. The summed E-state index contributed by atoms with van der Waals surface area (Å²) in [6.45, 7) is 2.10. The van der Waals surface area contributed by atoms with E-state index in [9.17, 15) is 14.9 Å². The molecule has 2 aromatic rings. The minimum absolute atomic E-state index is 0.0280. The molecule has 2 bridgehead atoms. The number of thioether (sulfide) groups is 1. The Morgan fingerprint density at radius 2 is 2.31 bits per heavy atom. The van der Waals surface area contributed by atoms with E-state index < -0.39 is 4.92 Å². The normalized spacial score (nSPS) is 25.5. The molecule has 0 spiro atoms. The molecule has 0 saturated heterocycles. The minimum Gasteiger partial charge on any atom is -0.431 e. The van der Waals surface area contributed by atoms with Gasteiger partial charge in [-0.3, -0.25) is 14.9 Å². The van der Waals surface area contributed by atoms with Crippen LogP contribution >= 0.6 is 11.8 Å². The van der Waals surface area contributed by atoms with Gasteiger partial charge in [0.25, 0.3) is 10.9 Å². The number of benzene rings is 1. The lowest BCUT2D eigenvalue weighted by molar-refractivity contribution is -0.384. The third kappa shape index (κ3) is 3.42. The van der Waals surface area contributed by atoms with Crippen LogP contribution in [-0.4, -0.2) is 27.6 Å². The van der Waals surface area contributed by atoms with E-state index in [2.05, 4.69) is 17.2 Å². The fourth-order valence-corrected chi connectivity index (χ4v) is 5.16. The van der Waals surface area contributed by atoms with Crippen molar-refractivity contribution >= 4 is 34.5 Å².